The molecule has 2 aromatic heterocycles. The van der Waals surface area contributed by atoms with Crippen LogP contribution in [0.4, 0.5) is 14.6 Å². The van der Waals surface area contributed by atoms with Gasteiger partial charge in [-0.1, -0.05) is 56.2 Å². The van der Waals surface area contributed by atoms with E-state index in [-0.39, 0.29) is 28.3 Å². The number of anilines is 1. The molecule has 3 aliphatic rings. The van der Waals surface area contributed by atoms with E-state index in [4.69, 9.17) is 25.9 Å². The van der Waals surface area contributed by atoms with Gasteiger partial charge in [-0.15, -0.1) is 6.42 Å². The number of benzene rings is 2. The number of hydrogen-bond donors (Lipinski definition) is 0. The fourth-order valence-corrected chi connectivity index (χ4v) is 8.10. The van der Waals surface area contributed by atoms with Crippen molar-refractivity contribution in [2.45, 2.75) is 57.5 Å². The summed E-state index contributed by atoms with van der Waals surface area (Å²) in [5, 5.41) is 1.65. The second-order valence-electron chi connectivity index (χ2n) is 13.9. The lowest BCUT2D eigenvalue weighted by Gasteiger charge is -2.34. The number of terminal acetylenes is 1. The summed E-state index contributed by atoms with van der Waals surface area (Å²) in [5.41, 5.74) is 1.58. The molecule has 2 unspecified atom stereocenters. The molecule has 0 radical (unpaired) electrons. The number of hydrogen-bond acceptors (Lipinski definition) is 7. The summed E-state index contributed by atoms with van der Waals surface area (Å²) in [7, 11) is 1.73. The number of ether oxygens (including phenoxy) is 2. The number of fused-ring (bicyclic) bond motifs is 3. The van der Waals surface area contributed by atoms with E-state index in [0.29, 0.717) is 58.6 Å². The van der Waals surface area contributed by atoms with Gasteiger partial charge in [0.05, 0.1) is 23.1 Å². The quantitative estimate of drug-likeness (QED) is 0.157. The largest absolute Gasteiger partial charge is 0.461 e. The molecule has 5 heterocycles. The third-order valence-corrected chi connectivity index (χ3v) is 10.3. The molecule has 3 fully saturated rings. The van der Waals surface area contributed by atoms with Crippen LogP contribution in [0.3, 0.4) is 0 Å². The minimum atomic E-state index is -0.623. The van der Waals surface area contributed by atoms with E-state index in [9.17, 15) is 4.39 Å². The first-order valence-corrected chi connectivity index (χ1v) is 16.6. The Balaban J connectivity index is 1.35. The van der Waals surface area contributed by atoms with Gasteiger partial charge in [-0.05, 0) is 55.4 Å². The molecule has 7 rings (SSSR count). The lowest BCUT2D eigenvalue weighted by molar-refractivity contribution is 0.0522. The van der Waals surface area contributed by atoms with E-state index in [2.05, 4.69) is 41.1 Å². The Morgan fingerprint density at radius 2 is 1.87 bits per heavy atom. The Hall–Kier alpha value is -4.13. The predicted molar refractivity (Wildman–Crippen MR) is 181 cm³/mol. The molecule has 3 saturated heterocycles. The van der Waals surface area contributed by atoms with Crippen LogP contribution in [0.2, 0.25) is 0 Å². The second kappa shape index (κ2) is 12.5. The Morgan fingerprint density at radius 1 is 1.09 bits per heavy atom. The van der Waals surface area contributed by atoms with Crippen LogP contribution in [0.25, 0.3) is 32.9 Å². The van der Waals surface area contributed by atoms with Crippen molar-refractivity contribution < 1.29 is 18.3 Å². The molecule has 0 bridgehead atoms. The molecule has 2 aromatic carbocycles. The fraction of sp³-hybridized carbons (Fsp3) is 0.447. The third-order valence-electron chi connectivity index (χ3n) is 10.3. The molecule has 244 valence electrons. The van der Waals surface area contributed by atoms with Crippen LogP contribution in [0.15, 0.2) is 48.7 Å². The highest BCUT2D eigenvalue weighted by Gasteiger charge is 2.51. The first kappa shape index (κ1) is 31.5. The topological polar surface area (TPSA) is 63.6 Å². The van der Waals surface area contributed by atoms with Gasteiger partial charge in [0.1, 0.15) is 29.5 Å². The molecule has 7 nitrogen and oxygen atoms in total. The van der Waals surface area contributed by atoms with Gasteiger partial charge < -0.3 is 14.4 Å². The predicted octanol–water partition coefficient (Wildman–Crippen LogP) is 7.17. The molecule has 0 N–H and O–H groups in total. The fourth-order valence-electron chi connectivity index (χ4n) is 8.10. The minimum absolute atomic E-state index is 0.0495. The van der Waals surface area contributed by atoms with Crippen LogP contribution < -0.4 is 9.64 Å². The molecule has 0 amide bonds. The van der Waals surface area contributed by atoms with Crippen molar-refractivity contribution in [2.75, 3.05) is 44.9 Å². The zero-order valence-electron chi connectivity index (χ0n) is 27.4. The SMILES string of the molecule is C#Cc1c(F)ccc2cccc(-c3ncc4c(N5CC(C)CCC(C)C5)nc(OC[C@@]56CC[C@@H](COC)N5CC(=C)C6)nc4c3F)c12. The van der Waals surface area contributed by atoms with Crippen molar-refractivity contribution >= 4 is 27.5 Å². The molecule has 0 aliphatic carbocycles. The Kier molecular flexibility index (Phi) is 8.35. The van der Waals surface area contributed by atoms with Crippen LogP contribution in [-0.4, -0.2) is 71.4 Å². The van der Waals surface area contributed by atoms with E-state index in [1.165, 1.54) is 11.6 Å². The lowest BCUT2D eigenvalue weighted by atomic mass is 9.94. The van der Waals surface area contributed by atoms with Crippen LogP contribution >= 0.6 is 0 Å². The average Bonchev–Trinajstić information content (AvgIpc) is 3.49. The molecule has 4 aromatic rings. The van der Waals surface area contributed by atoms with Gasteiger partial charge in [0.2, 0.25) is 0 Å². The monoisotopic (exact) mass is 637 g/mol. The highest BCUT2D eigenvalue weighted by atomic mass is 19.1. The normalized spacial score (nSPS) is 24.9. The summed E-state index contributed by atoms with van der Waals surface area (Å²) in [6.07, 6.45) is 12.4. The summed E-state index contributed by atoms with van der Waals surface area (Å²) in [4.78, 5) is 19.0. The average molecular weight is 638 g/mol. The first-order chi connectivity index (χ1) is 22.7. The Bertz CT molecular complexity index is 1900. The van der Waals surface area contributed by atoms with Crippen LogP contribution in [0, 0.1) is 35.8 Å². The Morgan fingerprint density at radius 3 is 2.62 bits per heavy atom. The number of aromatic nitrogens is 3. The van der Waals surface area contributed by atoms with E-state index in [1.807, 2.05) is 6.07 Å². The van der Waals surface area contributed by atoms with E-state index in [0.717, 1.165) is 51.7 Å². The number of rotatable bonds is 7. The minimum Gasteiger partial charge on any atom is -0.461 e. The molecule has 0 saturated carbocycles. The number of nitrogens with zero attached hydrogens (tertiary/aromatic N) is 5. The summed E-state index contributed by atoms with van der Waals surface area (Å²) in [5.74, 6) is 2.79. The summed E-state index contributed by atoms with van der Waals surface area (Å²) < 4.78 is 43.8. The molecular formula is C38H41F2N5O2. The summed E-state index contributed by atoms with van der Waals surface area (Å²) in [6, 6.07) is 8.73. The standard InChI is InChI=1S/C38H41F2N5O2/c1-6-28-31(39)13-12-26-8-7-9-29(32(26)28)34-33(40)35-30(17-41-34)36(44-18-23(2)10-11-24(3)19-44)43-37(42-35)47-22-38-15-14-27(21-46-5)45(38)20-25(4)16-38/h1,7-9,12-13,17,23-24,27H,4,10-11,14-16,18-22H2,2-3,5H3/t23?,24?,27-,38-/m0/s1. The van der Waals surface area contributed by atoms with Crippen LogP contribution in [-0.2, 0) is 4.74 Å². The molecule has 47 heavy (non-hydrogen) atoms. The van der Waals surface area contributed by atoms with Gasteiger partial charge in [-0.25, -0.2) is 8.78 Å². The van der Waals surface area contributed by atoms with E-state index >= 15 is 4.39 Å². The van der Waals surface area contributed by atoms with Crippen molar-refractivity contribution in [3.63, 3.8) is 0 Å². The van der Waals surface area contributed by atoms with E-state index in [1.54, 1.807) is 31.5 Å². The zero-order chi connectivity index (χ0) is 32.9. The molecule has 4 atom stereocenters. The highest BCUT2D eigenvalue weighted by Crippen LogP contribution is 2.45. The molecule has 3 aliphatic heterocycles. The van der Waals surface area contributed by atoms with Crippen molar-refractivity contribution in [1.29, 1.82) is 0 Å². The highest BCUT2D eigenvalue weighted by molar-refractivity contribution is 6.02. The molecular weight excluding hydrogens is 596 g/mol. The summed E-state index contributed by atoms with van der Waals surface area (Å²) in [6.45, 7) is 12.1. The van der Waals surface area contributed by atoms with Gasteiger partial charge in [0, 0.05) is 49.9 Å². The van der Waals surface area contributed by atoms with Crippen LogP contribution in [0.1, 0.15) is 51.5 Å². The van der Waals surface area contributed by atoms with Gasteiger partial charge in [-0.3, -0.25) is 9.88 Å². The van der Waals surface area contributed by atoms with Crippen molar-refractivity contribution in [1.82, 2.24) is 19.9 Å². The Labute approximate surface area is 275 Å². The second-order valence-corrected chi connectivity index (χ2v) is 13.9. The van der Waals surface area contributed by atoms with Crippen molar-refractivity contribution in [3.05, 3.63) is 65.9 Å². The maximum Gasteiger partial charge on any atom is 0.319 e. The van der Waals surface area contributed by atoms with Gasteiger partial charge in [-0.2, -0.15) is 9.97 Å². The van der Waals surface area contributed by atoms with E-state index < -0.39 is 11.6 Å². The number of pyridine rings is 1. The molecule has 0 spiro atoms. The zero-order valence-corrected chi connectivity index (χ0v) is 27.4. The maximum atomic E-state index is 16.9. The smallest absolute Gasteiger partial charge is 0.319 e. The van der Waals surface area contributed by atoms with Gasteiger partial charge >= 0.3 is 6.01 Å². The van der Waals surface area contributed by atoms with Crippen molar-refractivity contribution in [2.24, 2.45) is 11.8 Å². The first-order valence-electron chi connectivity index (χ1n) is 16.6. The van der Waals surface area contributed by atoms with Gasteiger partial charge in [0.25, 0.3) is 0 Å². The van der Waals surface area contributed by atoms with Gasteiger partial charge in [0.15, 0.2) is 5.82 Å². The van der Waals surface area contributed by atoms with Crippen molar-refractivity contribution in [3.8, 4) is 29.6 Å². The number of methoxy groups -OCH3 is 1. The number of halogens is 2. The maximum absolute atomic E-state index is 16.9. The summed E-state index contributed by atoms with van der Waals surface area (Å²) >= 11 is 0. The van der Waals surface area contributed by atoms with Crippen LogP contribution in [0.5, 0.6) is 6.01 Å². The third kappa shape index (κ3) is 5.62. The molecule has 9 heteroatoms. The lowest BCUT2D eigenvalue weighted by Crippen LogP contribution is -2.47.